The third kappa shape index (κ3) is 5.41. The zero-order chi connectivity index (χ0) is 21.9. The van der Waals surface area contributed by atoms with Crippen molar-refractivity contribution >= 4 is 28.3 Å². The van der Waals surface area contributed by atoms with Crippen LogP contribution in [0.4, 0.5) is 11.5 Å². The monoisotopic (exact) mass is 400 g/mol. The van der Waals surface area contributed by atoms with Crippen LogP contribution in [0.3, 0.4) is 0 Å². The Morgan fingerprint density at radius 1 is 0.800 bits per heavy atom. The summed E-state index contributed by atoms with van der Waals surface area (Å²) in [5.74, 6) is 0.288. The second-order valence-corrected chi connectivity index (χ2v) is 5.89. The number of nitrogens with one attached hydrogen (secondary N) is 1. The third-order valence-electron chi connectivity index (χ3n) is 4.16. The van der Waals surface area contributed by atoms with Crippen molar-refractivity contribution in [3.63, 3.8) is 0 Å². The van der Waals surface area contributed by atoms with E-state index in [-0.39, 0.29) is 5.91 Å². The number of para-hydroxylation sites is 1. The first-order valence-corrected chi connectivity index (χ1v) is 10.2. The lowest BCUT2D eigenvalue weighted by Gasteiger charge is -2.08. The number of aromatic nitrogens is 2. The molecule has 0 unspecified atom stereocenters. The van der Waals surface area contributed by atoms with Gasteiger partial charge in [0.2, 0.25) is 0 Å². The summed E-state index contributed by atoms with van der Waals surface area (Å²) < 4.78 is 0. The van der Waals surface area contributed by atoms with Crippen LogP contribution in [0, 0.1) is 0 Å². The van der Waals surface area contributed by atoms with Gasteiger partial charge in [-0.05, 0) is 47.5 Å². The van der Waals surface area contributed by atoms with Crippen LogP contribution in [0.25, 0.3) is 22.0 Å². The van der Waals surface area contributed by atoms with E-state index in [1.165, 1.54) is 6.33 Å². The predicted octanol–water partition coefficient (Wildman–Crippen LogP) is 6.18. The molecule has 1 amide bonds. The predicted molar refractivity (Wildman–Crippen MR) is 126 cm³/mol. The molecule has 0 saturated heterocycles. The molecule has 4 rings (SSSR count). The molecule has 0 aliphatic heterocycles. The molecule has 5 heteroatoms. The van der Waals surface area contributed by atoms with Crippen molar-refractivity contribution in [2.24, 2.45) is 0 Å². The van der Waals surface area contributed by atoms with Gasteiger partial charge in [-0.15, -0.1) is 0 Å². The van der Waals surface area contributed by atoms with Crippen molar-refractivity contribution in [1.82, 2.24) is 9.97 Å². The highest BCUT2D eigenvalue weighted by atomic mass is 16.1. The molecule has 0 saturated carbocycles. The van der Waals surface area contributed by atoms with Crippen molar-refractivity contribution < 1.29 is 4.79 Å². The van der Waals surface area contributed by atoms with E-state index in [2.05, 4.69) is 15.3 Å². The van der Waals surface area contributed by atoms with E-state index >= 15 is 0 Å². The number of amides is 1. The first-order chi connectivity index (χ1) is 14.7. The number of nitrogen functional groups attached to an aromatic ring is 1. The maximum Gasteiger partial charge on any atom is 0.255 e. The summed E-state index contributed by atoms with van der Waals surface area (Å²) in [4.78, 5) is 20.8. The molecule has 0 bridgehead atoms. The second-order valence-electron chi connectivity index (χ2n) is 5.89. The van der Waals surface area contributed by atoms with Crippen molar-refractivity contribution in [1.29, 1.82) is 0 Å². The van der Waals surface area contributed by atoms with E-state index in [9.17, 15) is 4.79 Å². The highest BCUT2D eigenvalue weighted by Crippen LogP contribution is 2.26. The van der Waals surface area contributed by atoms with E-state index in [0.29, 0.717) is 11.4 Å². The summed E-state index contributed by atoms with van der Waals surface area (Å²) in [5.41, 5.74) is 9.97. The Kier molecular flexibility index (Phi) is 8.51. The molecular formula is C25H28N4O. The molecule has 3 aromatic carbocycles. The maximum absolute atomic E-state index is 12.5. The number of rotatable bonds is 3. The number of anilines is 2. The Bertz CT molecular complexity index is 1090. The van der Waals surface area contributed by atoms with Gasteiger partial charge < -0.3 is 11.1 Å². The quantitative estimate of drug-likeness (QED) is 0.430. The fourth-order valence-electron chi connectivity index (χ4n) is 2.82. The lowest BCUT2D eigenvalue weighted by Crippen LogP contribution is -2.11. The van der Waals surface area contributed by atoms with Gasteiger partial charge in [0.15, 0.2) is 0 Å². The standard InChI is InChI=1S/C21H16N4O.2C2H6/c22-20-18-12-15(9-10-19(18)23-13-24-20)14-5-4-6-16(11-14)21(26)25-17-7-2-1-3-8-17;2*1-2/h1-13H,(H,25,26)(H2,22,23,24);2*1-2H3. The minimum atomic E-state index is -0.151. The lowest BCUT2D eigenvalue weighted by atomic mass is 10.0. The number of hydrogen-bond donors (Lipinski definition) is 2. The fourth-order valence-corrected chi connectivity index (χ4v) is 2.82. The summed E-state index contributed by atoms with van der Waals surface area (Å²) in [6.45, 7) is 8.00. The number of carbonyl (C=O) groups is 1. The van der Waals surface area contributed by atoms with Crippen LogP contribution in [0.1, 0.15) is 38.1 Å². The van der Waals surface area contributed by atoms with Gasteiger partial charge in [-0.1, -0.05) is 64.1 Å². The van der Waals surface area contributed by atoms with Crippen molar-refractivity contribution in [3.8, 4) is 11.1 Å². The Hall–Kier alpha value is -3.73. The number of benzene rings is 3. The Morgan fingerprint density at radius 2 is 1.50 bits per heavy atom. The van der Waals surface area contributed by atoms with Gasteiger partial charge in [0, 0.05) is 16.6 Å². The number of nitrogens with zero attached hydrogens (tertiary/aromatic N) is 2. The molecule has 0 aliphatic rings. The van der Waals surface area contributed by atoms with Crippen LogP contribution in [0.2, 0.25) is 0 Å². The molecule has 1 heterocycles. The number of hydrogen-bond acceptors (Lipinski definition) is 4. The topological polar surface area (TPSA) is 80.9 Å². The van der Waals surface area contributed by atoms with Gasteiger partial charge in [-0.25, -0.2) is 9.97 Å². The van der Waals surface area contributed by atoms with E-state index in [1.54, 1.807) is 6.07 Å². The molecule has 1 aromatic heterocycles. The van der Waals surface area contributed by atoms with E-state index in [4.69, 9.17) is 5.73 Å². The van der Waals surface area contributed by atoms with Crippen LogP contribution in [0.15, 0.2) is 79.1 Å². The van der Waals surface area contributed by atoms with Crippen LogP contribution in [0.5, 0.6) is 0 Å². The summed E-state index contributed by atoms with van der Waals surface area (Å²) in [5, 5.41) is 3.69. The summed E-state index contributed by atoms with van der Waals surface area (Å²) >= 11 is 0. The van der Waals surface area contributed by atoms with Crippen LogP contribution in [-0.4, -0.2) is 15.9 Å². The van der Waals surface area contributed by atoms with Gasteiger partial charge in [0.1, 0.15) is 12.1 Å². The molecule has 5 nitrogen and oxygen atoms in total. The van der Waals surface area contributed by atoms with Gasteiger partial charge in [-0.2, -0.15) is 0 Å². The van der Waals surface area contributed by atoms with Crippen LogP contribution < -0.4 is 11.1 Å². The molecule has 0 spiro atoms. The van der Waals surface area contributed by atoms with E-state index in [0.717, 1.165) is 27.7 Å². The average molecular weight is 401 g/mol. The molecule has 4 aromatic rings. The summed E-state index contributed by atoms with van der Waals surface area (Å²) in [6.07, 6.45) is 1.45. The molecule has 0 radical (unpaired) electrons. The largest absolute Gasteiger partial charge is 0.383 e. The molecule has 3 N–H and O–H groups in total. The number of carbonyl (C=O) groups excluding carboxylic acids is 1. The van der Waals surface area contributed by atoms with E-state index in [1.807, 2.05) is 94.4 Å². The normalized spacial score (nSPS) is 9.60. The SMILES string of the molecule is CC.CC.Nc1ncnc2ccc(-c3cccc(C(=O)Nc4ccccc4)c3)cc12. The minimum absolute atomic E-state index is 0.151. The molecular weight excluding hydrogens is 372 g/mol. The van der Waals surface area contributed by atoms with Gasteiger partial charge >= 0.3 is 0 Å². The van der Waals surface area contributed by atoms with Crippen LogP contribution >= 0.6 is 0 Å². The molecule has 0 aliphatic carbocycles. The highest BCUT2D eigenvalue weighted by Gasteiger charge is 2.09. The van der Waals surface area contributed by atoms with Crippen LogP contribution in [-0.2, 0) is 0 Å². The van der Waals surface area contributed by atoms with Crippen molar-refractivity contribution in [3.05, 3.63) is 84.7 Å². The third-order valence-corrected chi connectivity index (χ3v) is 4.16. The molecule has 154 valence electrons. The summed E-state index contributed by atoms with van der Waals surface area (Å²) in [6, 6.07) is 22.7. The zero-order valence-corrected chi connectivity index (χ0v) is 17.9. The van der Waals surface area contributed by atoms with Crippen molar-refractivity contribution in [2.45, 2.75) is 27.7 Å². The summed E-state index contributed by atoms with van der Waals surface area (Å²) in [7, 11) is 0. The Morgan fingerprint density at radius 3 is 2.23 bits per heavy atom. The first kappa shape index (κ1) is 22.6. The maximum atomic E-state index is 12.5. The zero-order valence-electron chi connectivity index (χ0n) is 17.9. The Balaban J connectivity index is 0.000000757. The highest BCUT2D eigenvalue weighted by molar-refractivity contribution is 6.05. The molecule has 30 heavy (non-hydrogen) atoms. The molecule has 0 fully saturated rings. The van der Waals surface area contributed by atoms with Crippen molar-refractivity contribution in [2.75, 3.05) is 11.1 Å². The number of nitrogens with two attached hydrogens (primary N) is 1. The van der Waals surface area contributed by atoms with Gasteiger partial charge in [0.05, 0.1) is 5.52 Å². The number of fused-ring (bicyclic) bond motifs is 1. The lowest BCUT2D eigenvalue weighted by molar-refractivity contribution is 0.102. The first-order valence-electron chi connectivity index (χ1n) is 10.2. The van der Waals surface area contributed by atoms with E-state index < -0.39 is 0 Å². The Labute approximate surface area is 178 Å². The average Bonchev–Trinajstić information content (AvgIpc) is 2.82. The second kappa shape index (κ2) is 11.3. The minimum Gasteiger partial charge on any atom is -0.383 e. The fraction of sp³-hybridized carbons (Fsp3) is 0.160. The smallest absolute Gasteiger partial charge is 0.255 e. The van der Waals surface area contributed by atoms with Gasteiger partial charge in [0.25, 0.3) is 5.91 Å². The molecule has 0 atom stereocenters. The van der Waals surface area contributed by atoms with Gasteiger partial charge in [-0.3, -0.25) is 4.79 Å².